The van der Waals surface area contributed by atoms with Gasteiger partial charge in [-0.2, -0.15) is 0 Å². The molecule has 1 aliphatic heterocycles. The van der Waals surface area contributed by atoms with Crippen LogP contribution in [0.25, 0.3) is 0 Å². The number of rotatable bonds is 3. The van der Waals surface area contributed by atoms with Gasteiger partial charge in [-0.25, -0.2) is 4.98 Å². The molecule has 1 N–H and O–H groups in total. The first-order valence-electron chi connectivity index (χ1n) is 5.65. The van der Waals surface area contributed by atoms with Crippen LogP contribution in [0.2, 0.25) is 0 Å². The van der Waals surface area contributed by atoms with Crippen molar-refractivity contribution in [1.82, 2.24) is 20.0 Å². The fourth-order valence-corrected chi connectivity index (χ4v) is 1.98. The summed E-state index contributed by atoms with van der Waals surface area (Å²) in [5.74, 6) is 0.813. The summed E-state index contributed by atoms with van der Waals surface area (Å²) < 4.78 is 12.8. The minimum absolute atomic E-state index is 0.0640. The van der Waals surface area contributed by atoms with E-state index in [9.17, 15) is 0 Å². The molecule has 0 saturated carbocycles. The third kappa shape index (κ3) is 2.22. The molecule has 1 fully saturated rings. The van der Waals surface area contributed by atoms with Crippen LogP contribution in [0.1, 0.15) is 17.6 Å². The molecule has 1 unspecified atom stereocenters. The second kappa shape index (κ2) is 4.68. The highest BCUT2D eigenvalue weighted by Gasteiger charge is 2.19. The predicted octanol–water partition coefficient (Wildman–Crippen LogP) is 0.580. The lowest BCUT2D eigenvalue weighted by Gasteiger charge is -2.24. The largest absolute Gasteiger partial charge is 0.369 e. The third-order valence-corrected chi connectivity index (χ3v) is 2.82. The SMILES string of the molecule is c1cc(Cn2cncc2C2CNCCO2)on1. The van der Waals surface area contributed by atoms with E-state index in [2.05, 4.69) is 15.5 Å². The Bertz CT molecular complexity index is 460. The van der Waals surface area contributed by atoms with Crippen LogP contribution in [0.4, 0.5) is 0 Å². The smallest absolute Gasteiger partial charge is 0.156 e. The van der Waals surface area contributed by atoms with E-state index >= 15 is 0 Å². The summed E-state index contributed by atoms with van der Waals surface area (Å²) >= 11 is 0. The number of nitrogens with zero attached hydrogens (tertiary/aromatic N) is 3. The standard InChI is InChI=1S/C11H14N4O2/c1-2-14-17-9(1)7-15-8-13-5-10(15)11-6-12-3-4-16-11/h1-2,5,8,11-12H,3-4,6-7H2. The molecule has 90 valence electrons. The Hall–Kier alpha value is -1.66. The second-order valence-corrected chi connectivity index (χ2v) is 3.99. The minimum Gasteiger partial charge on any atom is -0.369 e. The Morgan fingerprint density at radius 3 is 3.29 bits per heavy atom. The number of imidazole rings is 1. The van der Waals surface area contributed by atoms with Crippen molar-refractivity contribution >= 4 is 0 Å². The van der Waals surface area contributed by atoms with Crippen molar-refractivity contribution in [2.24, 2.45) is 0 Å². The van der Waals surface area contributed by atoms with Crippen LogP contribution in [0.3, 0.4) is 0 Å². The van der Waals surface area contributed by atoms with Crippen LogP contribution >= 0.6 is 0 Å². The van der Waals surface area contributed by atoms with Gasteiger partial charge in [-0.1, -0.05) is 5.16 Å². The summed E-state index contributed by atoms with van der Waals surface area (Å²) in [4.78, 5) is 4.17. The quantitative estimate of drug-likeness (QED) is 0.841. The molecule has 6 heteroatoms. The van der Waals surface area contributed by atoms with Gasteiger partial charge in [0, 0.05) is 19.2 Å². The summed E-state index contributed by atoms with van der Waals surface area (Å²) in [6.45, 7) is 3.10. The van der Waals surface area contributed by atoms with E-state index in [1.165, 1.54) is 0 Å². The fourth-order valence-electron chi connectivity index (χ4n) is 1.98. The lowest BCUT2D eigenvalue weighted by molar-refractivity contribution is 0.0229. The lowest BCUT2D eigenvalue weighted by atomic mass is 10.2. The molecule has 17 heavy (non-hydrogen) atoms. The summed E-state index contributed by atoms with van der Waals surface area (Å²) in [5.41, 5.74) is 1.06. The zero-order valence-corrected chi connectivity index (χ0v) is 9.37. The van der Waals surface area contributed by atoms with E-state index in [1.807, 2.05) is 16.8 Å². The Balaban J connectivity index is 1.78. The van der Waals surface area contributed by atoms with Gasteiger partial charge in [-0.15, -0.1) is 0 Å². The second-order valence-electron chi connectivity index (χ2n) is 3.99. The van der Waals surface area contributed by atoms with E-state index in [0.717, 1.165) is 31.2 Å². The maximum absolute atomic E-state index is 5.71. The molecule has 3 rings (SSSR count). The molecule has 6 nitrogen and oxygen atoms in total. The Morgan fingerprint density at radius 1 is 1.53 bits per heavy atom. The van der Waals surface area contributed by atoms with E-state index in [-0.39, 0.29) is 6.10 Å². The van der Waals surface area contributed by atoms with Crippen LogP contribution in [0.15, 0.2) is 29.3 Å². The van der Waals surface area contributed by atoms with E-state index < -0.39 is 0 Å². The molecule has 1 atom stereocenters. The Kier molecular flexibility index (Phi) is 2.89. The molecule has 2 aromatic rings. The predicted molar refractivity (Wildman–Crippen MR) is 59.4 cm³/mol. The van der Waals surface area contributed by atoms with Gasteiger partial charge < -0.3 is 19.1 Å². The zero-order valence-electron chi connectivity index (χ0n) is 9.37. The van der Waals surface area contributed by atoms with Gasteiger partial charge in [-0.05, 0) is 0 Å². The van der Waals surface area contributed by atoms with E-state index in [4.69, 9.17) is 9.26 Å². The van der Waals surface area contributed by atoms with Crippen LogP contribution < -0.4 is 5.32 Å². The summed E-state index contributed by atoms with van der Waals surface area (Å²) in [5, 5.41) is 7.00. The van der Waals surface area contributed by atoms with Gasteiger partial charge in [0.1, 0.15) is 6.10 Å². The van der Waals surface area contributed by atoms with Crippen LogP contribution in [-0.2, 0) is 11.3 Å². The van der Waals surface area contributed by atoms with Crippen molar-refractivity contribution in [2.45, 2.75) is 12.6 Å². The van der Waals surface area contributed by atoms with Crippen molar-refractivity contribution in [3.05, 3.63) is 36.2 Å². The van der Waals surface area contributed by atoms with Crippen molar-refractivity contribution in [3.8, 4) is 0 Å². The molecular formula is C11H14N4O2. The maximum Gasteiger partial charge on any atom is 0.156 e. The van der Waals surface area contributed by atoms with Gasteiger partial charge in [0.05, 0.1) is 37.6 Å². The van der Waals surface area contributed by atoms with Gasteiger partial charge in [0.25, 0.3) is 0 Å². The van der Waals surface area contributed by atoms with E-state index in [1.54, 1.807) is 12.5 Å². The monoisotopic (exact) mass is 234 g/mol. The number of morpholine rings is 1. The highest BCUT2D eigenvalue weighted by molar-refractivity contribution is 5.07. The normalized spacial score (nSPS) is 20.6. The Morgan fingerprint density at radius 2 is 2.53 bits per heavy atom. The van der Waals surface area contributed by atoms with Gasteiger partial charge in [-0.3, -0.25) is 0 Å². The van der Waals surface area contributed by atoms with Gasteiger partial charge in [0.2, 0.25) is 0 Å². The molecule has 0 bridgehead atoms. The van der Waals surface area contributed by atoms with Gasteiger partial charge >= 0.3 is 0 Å². The maximum atomic E-state index is 5.71. The number of hydrogen-bond donors (Lipinski definition) is 1. The molecule has 2 aromatic heterocycles. The average Bonchev–Trinajstić information content (AvgIpc) is 3.02. The minimum atomic E-state index is 0.0640. The third-order valence-electron chi connectivity index (χ3n) is 2.82. The molecule has 1 saturated heterocycles. The summed E-state index contributed by atoms with van der Waals surface area (Å²) in [6, 6.07) is 1.85. The molecule has 1 aliphatic rings. The van der Waals surface area contributed by atoms with Crippen LogP contribution in [0.5, 0.6) is 0 Å². The first-order chi connectivity index (χ1) is 8.43. The van der Waals surface area contributed by atoms with E-state index in [0.29, 0.717) is 6.54 Å². The van der Waals surface area contributed by atoms with Gasteiger partial charge in [0.15, 0.2) is 5.76 Å². The number of nitrogens with one attached hydrogen (secondary N) is 1. The fraction of sp³-hybridized carbons (Fsp3) is 0.455. The van der Waals surface area contributed by atoms with Crippen LogP contribution in [0, 0.1) is 0 Å². The molecule has 0 spiro atoms. The van der Waals surface area contributed by atoms with Crippen molar-refractivity contribution in [3.63, 3.8) is 0 Å². The molecule has 3 heterocycles. The highest BCUT2D eigenvalue weighted by Crippen LogP contribution is 2.19. The summed E-state index contributed by atoms with van der Waals surface area (Å²) in [6.07, 6.45) is 5.34. The summed E-state index contributed by atoms with van der Waals surface area (Å²) in [7, 11) is 0. The molecular weight excluding hydrogens is 220 g/mol. The van der Waals surface area contributed by atoms with Crippen molar-refractivity contribution in [1.29, 1.82) is 0 Å². The van der Waals surface area contributed by atoms with Crippen molar-refractivity contribution < 1.29 is 9.26 Å². The van der Waals surface area contributed by atoms with Crippen molar-refractivity contribution in [2.75, 3.05) is 19.7 Å². The Labute approximate surface area is 98.6 Å². The molecule has 0 amide bonds. The first kappa shape index (κ1) is 10.5. The molecule has 0 aromatic carbocycles. The topological polar surface area (TPSA) is 65.1 Å². The molecule has 0 radical (unpaired) electrons. The van der Waals surface area contributed by atoms with Crippen LogP contribution in [-0.4, -0.2) is 34.4 Å². The average molecular weight is 234 g/mol. The number of aromatic nitrogens is 3. The number of ether oxygens (including phenoxy) is 1. The molecule has 0 aliphatic carbocycles. The lowest BCUT2D eigenvalue weighted by Crippen LogP contribution is -2.34. The zero-order chi connectivity index (χ0) is 11.5. The highest BCUT2D eigenvalue weighted by atomic mass is 16.5. The first-order valence-corrected chi connectivity index (χ1v) is 5.65. The number of hydrogen-bond acceptors (Lipinski definition) is 5.